The van der Waals surface area contributed by atoms with E-state index in [-0.39, 0.29) is 55.4 Å². The molecule has 0 saturated carbocycles. The monoisotopic (exact) mass is 850 g/mol. The number of hydrazone groups is 1. The van der Waals surface area contributed by atoms with Crippen LogP contribution in [-0.4, -0.2) is 111 Å². The van der Waals surface area contributed by atoms with E-state index in [0.717, 1.165) is 17.6 Å². The molecule has 3 aliphatic rings. The van der Waals surface area contributed by atoms with Crippen molar-refractivity contribution < 1.29 is 63.0 Å². The number of ether oxygens (including phenoxy) is 5. The van der Waals surface area contributed by atoms with Crippen LogP contribution in [0.15, 0.2) is 77.5 Å². The molecule has 332 valence electrons. The average molecular weight is 851 g/mol. The second kappa shape index (κ2) is 21.3. The van der Waals surface area contributed by atoms with Gasteiger partial charge in [0.1, 0.15) is 29.7 Å². The van der Waals surface area contributed by atoms with E-state index >= 15 is 0 Å². The van der Waals surface area contributed by atoms with Gasteiger partial charge in [0.2, 0.25) is 23.6 Å². The van der Waals surface area contributed by atoms with Crippen LogP contribution in [0, 0.1) is 5.92 Å². The van der Waals surface area contributed by atoms with Crippen molar-refractivity contribution in [2.24, 2.45) is 11.0 Å². The number of esters is 1. The van der Waals surface area contributed by atoms with E-state index in [9.17, 15) is 34.5 Å². The molecule has 9 unspecified atom stereocenters. The van der Waals surface area contributed by atoms with Gasteiger partial charge in [0.05, 0.1) is 56.1 Å². The number of epoxide rings is 1. The molecule has 1 spiro atoms. The van der Waals surface area contributed by atoms with E-state index in [1.165, 1.54) is 31.2 Å². The Labute approximate surface area is 355 Å². The van der Waals surface area contributed by atoms with E-state index in [1.54, 1.807) is 44.2 Å². The molecule has 5 rings (SSSR count). The normalized spacial score (nSPS) is 27.2. The molecule has 3 saturated heterocycles. The molecule has 0 bridgehead atoms. The predicted molar refractivity (Wildman–Crippen MR) is 221 cm³/mol. The lowest BCUT2D eigenvalue weighted by Gasteiger charge is -2.39. The highest BCUT2D eigenvalue weighted by Crippen LogP contribution is 2.43. The fraction of sp³-hybridized carbons (Fsp3) is 0.523. The molecule has 17 heteroatoms. The third-order valence-electron chi connectivity index (χ3n) is 10.7. The number of allylic oxidation sites excluding steroid dienone is 2. The molecular weight excluding hydrogens is 792 g/mol. The highest BCUT2D eigenvalue weighted by atomic mass is 16.7. The number of aliphatic hydroxyl groups is 1. The molecule has 5 N–H and O–H groups in total. The highest BCUT2D eigenvalue weighted by Gasteiger charge is 2.58. The number of hydrogen-bond donors (Lipinski definition) is 5. The second-order valence-corrected chi connectivity index (χ2v) is 15.9. The van der Waals surface area contributed by atoms with Gasteiger partial charge in [0.15, 0.2) is 0 Å². The lowest BCUT2D eigenvalue weighted by molar-refractivity contribution is -0.146. The predicted octanol–water partition coefficient (Wildman–Crippen LogP) is 3.93. The maximum atomic E-state index is 13.0. The van der Waals surface area contributed by atoms with E-state index in [0.29, 0.717) is 42.1 Å². The van der Waals surface area contributed by atoms with Crippen molar-refractivity contribution in [3.63, 3.8) is 0 Å². The molecule has 3 fully saturated rings. The first-order chi connectivity index (χ1) is 29.0. The Balaban J connectivity index is 1.04. The fourth-order valence-corrected chi connectivity index (χ4v) is 7.19. The summed E-state index contributed by atoms with van der Waals surface area (Å²) in [5.74, 6) is -1.73. The van der Waals surface area contributed by atoms with Crippen LogP contribution in [0.2, 0.25) is 0 Å². The first kappa shape index (κ1) is 46.6. The first-order valence-corrected chi connectivity index (χ1v) is 20.5. The number of aliphatic hydroxyl groups excluding tert-OH is 1. The topological polar surface area (TPSA) is 229 Å². The third-order valence-corrected chi connectivity index (χ3v) is 10.7. The highest BCUT2D eigenvalue weighted by molar-refractivity contribution is 5.99. The molecule has 2 amide bonds. The standard InChI is InChI=1S/C44H58N4O13/c1-26(9-16-36-27(2)22-35(30(5)59-36)45-38(50)18-11-28(3)58-31(6)49)10-17-37-43(55)44(25-57-44)24-34(60-37)23-39(51)47-46-29(4)32-12-14-33(15-13-32)56-21-7-8-42(54)61-48-40(52)19-20-41(48)53/h9-15,17-20,27-28,30,34-37,43,52-53,55H,7-8,16,21-25H2,1-6H3,(H,45,50)(H,47,51). The maximum Gasteiger partial charge on any atom is 0.333 e. The SMILES string of the molecule is CC(=O)OC(C)C=CC(=O)NC1CC(C)C(CC=C(C)C=CC2OC(CC(=O)NN=C(C)c3ccc(OCCCC(=O)On4c(O)ccc4O)cc3)CC3(CO3)C2O)OC1C. The fourth-order valence-electron chi connectivity index (χ4n) is 7.19. The zero-order valence-electron chi connectivity index (χ0n) is 35.4. The van der Waals surface area contributed by atoms with Gasteiger partial charge in [-0.15, -0.1) is 4.73 Å². The summed E-state index contributed by atoms with van der Waals surface area (Å²) in [5, 5.41) is 37.5. The summed E-state index contributed by atoms with van der Waals surface area (Å²) in [6.07, 6.45) is 7.94. The van der Waals surface area contributed by atoms with Crippen molar-refractivity contribution >= 4 is 29.5 Å². The van der Waals surface area contributed by atoms with Gasteiger partial charge >= 0.3 is 11.9 Å². The molecule has 4 heterocycles. The first-order valence-electron chi connectivity index (χ1n) is 20.5. The summed E-state index contributed by atoms with van der Waals surface area (Å²) < 4.78 is 29.6. The minimum Gasteiger partial charge on any atom is -0.494 e. The molecule has 3 aliphatic heterocycles. The number of carbonyl (C=O) groups is 4. The molecule has 1 aromatic heterocycles. The van der Waals surface area contributed by atoms with Crippen molar-refractivity contribution in [1.29, 1.82) is 0 Å². The molecule has 2 aromatic rings. The summed E-state index contributed by atoms with van der Waals surface area (Å²) in [5.41, 5.74) is 4.11. The summed E-state index contributed by atoms with van der Waals surface area (Å²) in [7, 11) is 0. The quantitative estimate of drug-likeness (QED) is 0.0273. The van der Waals surface area contributed by atoms with Crippen molar-refractivity contribution in [2.45, 2.75) is 128 Å². The summed E-state index contributed by atoms with van der Waals surface area (Å²) in [6, 6.07) is 9.30. The van der Waals surface area contributed by atoms with E-state index in [2.05, 4.69) is 28.8 Å². The summed E-state index contributed by atoms with van der Waals surface area (Å²) in [6.45, 7) is 11.4. The van der Waals surface area contributed by atoms with Crippen LogP contribution < -0.4 is 20.3 Å². The Morgan fingerprint density at radius 3 is 2.41 bits per heavy atom. The van der Waals surface area contributed by atoms with E-state index < -0.39 is 53.7 Å². The molecular formula is C44H58N4O13. The molecule has 1 aromatic carbocycles. The van der Waals surface area contributed by atoms with Gasteiger partial charge in [-0.05, 0) is 88.8 Å². The average Bonchev–Trinajstić information content (AvgIpc) is 3.92. The lowest BCUT2D eigenvalue weighted by atomic mass is 9.87. The largest absolute Gasteiger partial charge is 0.494 e. The zero-order chi connectivity index (χ0) is 44.3. The van der Waals surface area contributed by atoms with E-state index in [4.69, 9.17) is 28.5 Å². The number of hydrogen-bond acceptors (Lipinski definition) is 14. The molecule has 9 atom stereocenters. The van der Waals surface area contributed by atoms with Crippen LogP contribution in [0.25, 0.3) is 0 Å². The summed E-state index contributed by atoms with van der Waals surface area (Å²) in [4.78, 5) is 53.5. The number of benzene rings is 1. The number of amides is 2. The van der Waals surface area contributed by atoms with Crippen LogP contribution in [-0.2, 0) is 38.1 Å². The summed E-state index contributed by atoms with van der Waals surface area (Å²) >= 11 is 0. The minimum absolute atomic E-state index is 0.00100. The molecule has 0 aliphatic carbocycles. The number of nitrogens with zero attached hydrogens (tertiary/aromatic N) is 2. The smallest absolute Gasteiger partial charge is 0.333 e. The van der Waals surface area contributed by atoms with Gasteiger partial charge in [-0.25, -0.2) is 10.2 Å². The van der Waals surface area contributed by atoms with E-state index in [1.807, 2.05) is 19.9 Å². The van der Waals surface area contributed by atoms with Gasteiger partial charge in [0, 0.05) is 31.6 Å². The van der Waals surface area contributed by atoms with Crippen LogP contribution in [0.1, 0.15) is 85.6 Å². The molecule has 0 radical (unpaired) electrons. The number of rotatable bonds is 18. The van der Waals surface area contributed by atoms with Gasteiger partial charge in [-0.1, -0.05) is 30.7 Å². The Bertz CT molecular complexity index is 1950. The Morgan fingerprint density at radius 2 is 1.74 bits per heavy atom. The lowest BCUT2D eigenvalue weighted by Crippen LogP contribution is -2.50. The van der Waals surface area contributed by atoms with Gasteiger partial charge in [0.25, 0.3) is 0 Å². The number of aromatic hydroxyl groups is 2. The van der Waals surface area contributed by atoms with Crippen LogP contribution in [0.4, 0.5) is 0 Å². The Hall–Kier alpha value is -5.49. The van der Waals surface area contributed by atoms with Crippen molar-refractivity contribution in [2.75, 3.05) is 13.2 Å². The third kappa shape index (κ3) is 13.8. The van der Waals surface area contributed by atoms with Crippen molar-refractivity contribution in [3.8, 4) is 17.5 Å². The van der Waals surface area contributed by atoms with Crippen LogP contribution in [0.3, 0.4) is 0 Å². The van der Waals surface area contributed by atoms with Crippen LogP contribution >= 0.6 is 0 Å². The number of nitrogens with one attached hydrogen (secondary N) is 2. The van der Waals surface area contributed by atoms with Gasteiger partial charge in [-0.3, -0.25) is 14.4 Å². The van der Waals surface area contributed by atoms with Crippen molar-refractivity contribution in [1.82, 2.24) is 15.5 Å². The molecule has 61 heavy (non-hydrogen) atoms. The Kier molecular flexibility index (Phi) is 16.3. The zero-order valence-corrected chi connectivity index (χ0v) is 35.4. The maximum absolute atomic E-state index is 13.0. The second-order valence-electron chi connectivity index (χ2n) is 15.9. The minimum atomic E-state index is -0.894. The number of carbonyl (C=O) groups excluding carboxylic acids is 4. The van der Waals surface area contributed by atoms with Gasteiger partial charge < -0.3 is 49.2 Å². The number of aromatic nitrogens is 1. The van der Waals surface area contributed by atoms with Crippen LogP contribution in [0.5, 0.6) is 17.5 Å². The van der Waals surface area contributed by atoms with Gasteiger partial charge in [-0.2, -0.15) is 5.10 Å². The molecule has 17 nitrogen and oxygen atoms in total. The van der Waals surface area contributed by atoms with Crippen molar-refractivity contribution in [3.05, 3.63) is 77.9 Å². The Morgan fingerprint density at radius 1 is 1.03 bits per heavy atom.